The molecule has 0 unspecified atom stereocenters. The predicted octanol–water partition coefficient (Wildman–Crippen LogP) is 4.15. The van der Waals surface area contributed by atoms with Crippen LogP contribution in [0.15, 0.2) is 41.1 Å². The first-order valence-corrected chi connectivity index (χ1v) is 8.45. The van der Waals surface area contributed by atoms with Gasteiger partial charge in [-0.1, -0.05) is 36.9 Å². The van der Waals surface area contributed by atoms with E-state index in [2.05, 4.69) is 27.3 Å². The molecular formula is C20H16F3N3O2. The van der Waals surface area contributed by atoms with Crippen molar-refractivity contribution in [2.75, 3.05) is 6.54 Å². The molecule has 0 aliphatic carbocycles. The Morgan fingerprint density at radius 2 is 2.07 bits per heavy atom. The van der Waals surface area contributed by atoms with Crippen LogP contribution in [-0.2, 0) is 6.18 Å². The lowest BCUT2D eigenvalue weighted by Gasteiger charge is -2.05. The Morgan fingerprint density at radius 3 is 2.79 bits per heavy atom. The molecule has 0 radical (unpaired) electrons. The molecule has 0 bridgehead atoms. The van der Waals surface area contributed by atoms with Crippen molar-refractivity contribution in [3.8, 4) is 11.8 Å². The van der Waals surface area contributed by atoms with Crippen molar-refractivity contribution in [3.05, 3.63) is 58.9 Å². The molecule has 3 rings (SSSR count). The molecule has 0 atom stereocenters. The van der Waals surface area contributed by atoms with Crippen LogP contribution in [0, 0.1) is 11.8 Å². The van der Waals surface area contributed by atoms with Crippen LogP contribution in [0.3, 0.4) is 0 Å². The Balaban J connectivity index is 1.68. The first kappa shape index (κ1) is 19.4. The van der Waals surface area contributed by atoms with Gasteiger partial charge in [-0.15, -0.1) is 0 Å². The fourth-order valence-corrected chi connectivity index (χ4v) is 2.54. The zero-order chi connectivity index (χ0) is 20.3. The van der Waals surface area contributed by atoms with Gasteiger partial charge in [-0.2, -0.15) is 13.2 Å². The van der Waals surface area contributed by atoms with Crippen molar-refractivity contribution in [1.29, 1.82) is 0 Å². The molecule has 0 aliphatic heterocycles. The molecule has 0 saturated carbocycles. The van der Waals surface area contributed by atoms with Crippen molar-refractivity contribution in [2.24, 2.45) is 0 Å². The molecule has 1 amide bonds. The minimum Gasteiger partial charge on any atom is -0.341 e. The lowest BCUT2D eigenvalue weighted by atomic mass is 10.1. The average molecular weight is 387 g/mol. The number of rotatable bonds is 3. The maximum absolute atomic E-state index is 12.7. The second-order valence-electron chi connectivity index (χ2n) is 6.36. The third kappa shape index (κ3) is 4.31. The summed E-state index contributed by atoms with van der Waals surface area (Å²) in [7, 11) is 0. The van der Waals surface area contributed by atoms with Crippen LogP contribution in [0.1, 0.15) is 46.9 Å². The summed E-state index contributed by atoms with van der Waals surface area (Å²) in [6.07, 6.45) is -3.05. The lowest BCUT2D eigenvalue weighted by Crippen LogP contribution is -2.23. The molecule has 0 spiro atoms. The maximum atomic E-state index is 12.7. The summed E-state index contributed by atoms with van der Waals surface area (Å²) in [5, 5.41) is 7.22. The number of nitrogens with one attached hydrogen (secondary N) is 1. The van der Waals surface area contributed by atoms with Gasteiger partial charge in [0, 0.05) is 11.8 Å². The largest absolute Gasteiger partial charge is 0.416 e. The number of carbonyl (C=O) groups is 1. The summed E-state index contributed by atoms with van der Waals surface area (Å²) in [6, 6.07) is 6.35. The van der Waals surface area contributed by atoms with Crippen molar-refractivity contribution in [3.63, 3.8) is 0 Å². The Kier molecular flexibility index (Phi) is 5.36. The third-order valence-electron chi connectivity index (χ3n) is 3.93. The summed E-state index contributed by atoms with van der Waals surface area (Å²) in [5.41, 5.74) is 0.833. The van der Waals surface area contributed by atoms with Crippen LogP contribution in [0.5, 0.6) is 0 Å². The average Bonchev–Trinajstić information content (AvgIpc) is 3.08. The highest BCUT2D eigenvalue weighted by atomic mass is 19.4. The summed E-state index contributed by atoms with van der Waals surface area (Å²) in [4.78, 5) is 16.4. The molecule has 1 N–H and O–H groups in total. The van der Waals surface area contributed by atoms with Crippen molar-refractivity contribution >= 4 is 17.0 Å². The molecule has 8 heteroatoms. The number of fused-ring (bicyclic) bond motifs is 1. The topological polar surface area (TPSA) is 68.0 Å². The third-order valence-corrected chi connectivity index (χ3v) is 3.93. The lowest BCUT2D eigenvalue weighted by molar-refractivity contribution is -0.137. The minimum atomic E-state index is -4.42. The van der Waals surface area contributed by atoms with Crippen LogP contribution in [0.25, 0.3) is 11.1 Å². The van der Waals surface area contributed by atoms with Crippen molar-refractivity contribution in [2.45, 2.75) is 25.9 Å². The molecule has 3 aromatic rings. The Labute approximate surface area is 158 Å². The molecule has 28 heavy (non-hydrogen) atoms. The summed E-state index contributed by atoms with van der Waals surface area (Å²) in [5.74, 6) is 4.96. The van der Waals surface area contributed by atoms with E-state index in [0.717, 1.165) is 12.1 Å². The van der Waals surface area contributed by atoms with E-state index < -0.39 is 17.6 Å². The monoisotopic (exact) mass is 387 g/mol. The van der Waals surface area contributed by atoms with Gasteiger partial charge in [-0.05, 0) is 30.2 Å². The summed E-state index contributed by atoms with van der Waals surface area (Å²) < 4.78 is 43.2. The number of carbonyl (C=O) groups excluding carboxylic acids is 1. The molecule has 0 fully saturated rings. The Bertz CT molecular complexity index is 1080. The highest BCUT2D eigenvalue weighted by molar-refractivity contribution is 5.97. The van der Waals surface area contributed by atoms with Gasteiger partial charge in [0.1, 0.15) is 0 Å². The first-order chi connectivity index (χ1) is 13.3. The highest BCUT2D eigenvalue weighted by Gasteiger charge is 2.30. The predicted molar refractivity (Wildman–Crippen MR) is 96.5 cm³/mol. The number of halogens is 3. The van der Waals surface area contributed by atoms with Gasteiger partial charge in [0.2, 0.25) is 0 Å². The van der Waals surface area contributed by atoms with E-state index in [1.54, 1.807) is 6.07 Å². The quantitative estimate of drug-likeness (QED) is 0.686. The summed E-state index contributed by atoms with van der Waals surface area (Å²) >= 11 is 0. The number of pyridine rings is 1. The van der Waals surface area contributed by atoms with E-state index in [1.807, 2.05) is 13.8 Å². The molecular weight excluding hydrogens is 371 g/mol. The number of benzene rings is 1. The van der Waals surface area contributed by atoms with E-state index in [9.17, 15) is 18.0 Å². The van der Waals surface area contributed by atoms with Crippen LogP contribution in [0.2, 0.25) is 0 Å². The van der Waals surface area contributed by atoms with Gasteiger partial charge in [0.05, 0.1) is 28.8 Å². The van der Waals surface area contributed by atoms with Crippen LogP contribution in [0.4, 0.5) is 13.2 Å². The number of nitrogens with zero attached hydrogens (tertiary/aromatic N) is 2. The first-order valence-electron chi connectivity index (χ1n) is 8.45. The van der Waals surface area contributed by atoms with Gasteiger partial charge in [-0.3, -0.25) is 4.79 Å². The second-order valence-corrected chi connectivity index (χ2v) is 6.36. The standard InChI is InChI=1S/C20H16F3N3O2/c1-12(2)17-16-10-14(11-25-19(16)28-26-17)18(27)24-8-4-6-13-5-3-7-15(9-13)20(21,22)23/h3,5,7,9-12H,8H2,1-2H3,(H,24,27). The fraction of sp³-hybridized carbons (Fsp3) is 0.250. The summed E-state index contributed by atoms with van der Waals surface area (Å²) in [6.45, 7) is 3.88. The normalized spacial score (nSPS) is 11.4. The van der Waals surface area contributed by atoms with E-state index >= 15 is 0 Å². The van der Waals surface area contributed by atoms with E-state index in [-0.39, 0.29) is 18.0 Å². The van der Waals surface area contributed by atoms with Gasteiger partial charge in [-0.25, -0.2) is 4.98 Å². The van der Waals surface area contributed by atoms with Gasteiger partial charge in [0.15, 0.2) is 0 Å². The Morgan fingerprint density at radius 1 is 1.29 bits per heavy atom. The van der Waals surface area contributed by atoms with E-state index in [1.165, 1.54) is 18.3 Å². The number of aromatic nitrogens is 2. The SMILES string of the molecule is CC(C)c1noc2ncc(C(=O)NCC#Cc3cccc(C(F)(F)F)c3)cc12. The fourth-order valence-electron chi connectivity index (χ4n) is 2.54. The minimum absolute atomic E-state index is 0.0200. The molecule has 0 saturated heterocycles. The van der Waals surface area contributed by atoms with Crippen LogP contribution in [-0.4, -0.2) is 22.6 Å². The number of amides is 1. The molecule has 2 aromatic heterocycles. The van der Waals surface area contributed by atoms with E-state index in [0.29, 0.717) is 22.4 Å². The molecule has 2 heterocycles. The molecule has 144 valence electrons. The van der Waals surface area contributed by atoms with Crippen molar-refractivity contribution in [1.82, 2.24) is 15.5 Å². The van der Waals surface area contributed by atoms with Gasteiger partial charge < -0.3 is 9.84 Å². The zero-order valence-corrected chi connectivity index (χ0v) is 15.1. The second kappa shape index (κ2) is 7.72. The smallest absolute Gasteiger partial charge is 0.341 e. The van der Waals surface area contributed by atoms with Crippen LogP contribution >= 0.6 is 0 Å². The molecule has 5 nitrogen and oxygen atoms in total. The number of hydrogen-bond donors (Lipinski definition) is 1. The molecule has 1 aromatic carbocycles. The maximum Gasteiger partial charge on any atom is 0.416 e. The van der Waals surface area contributed by atoms with Gasteiger partial charge in [0.25, 0.3) is 11.6 Å². The van der Waals surface area contributed by atoms with Crippen LogP contribution < -0.4 is 5.32 Å². The van der Waals surface area contributed by atoms with Gasteiger partial charge >= 0.3 is 6.18 Å². The number of hydrogen-bond acceptors (Lipinski definition) is 4. The molecule has 0 aliphatic rings. The van der Waals surface area contributed by atoms with Crippen molar-refractivity contribution < 1.29 is 22.5 Å². The Hall–Kier alpha value is -3.34. The highest BCUT2D eigenvalue weighted by Crippen LogP contribution is 2.29. The van der Waals surface area contributed by atoms with E-state index in [4.69, 9.17) is 4.52 Å². The number of alkyl halides is 3. The zero-order valence-electron chi connectivity index (χ0n) is 15.1.